The van der Waals surface area contributed by atoms with Gasteiger partial charge in [0.05, 0.1) is 7.11 Å². The van der Waals surface area contributed by atoms with Gasteiger partial charge in [-0.15, -0.1) is 0 Å². The van der Waals surface area contributed by atoms with Crippen LogP contribution in [0.1, 0.15) is 6.92 Å². The molecule has 1 aromatic carbocycles. The Hall–Kier alpha value is -1.81. The first-order chi connectivity index (χ1) is 8.81. The molecule has 4 heteroatoms. The summed E-state index contributed by atoms with van der Waals surface area (Å²) in [5.74, 6) is 1.85. The van der Waals surface area contributed by atoms with E-state index in [-0.39, 0.29) is 0 Å². The Balaban J connectivity index is 2.57. The topological polar surface area (TPSA) is 51.4 Å². The smallest absolute Gasteiger partial charge is 0.136 e. The van der Waals surface area contributed by atoms with E-state index in [4.69, 9.17) is 10.5 Å². The zero-order valence-electron chi connectivity index (χ0n) is 10.9. The molecule has 1 aromatic heterocycles. The Morgan fingerprint density at radius 3 is 2.78 bits per heavy atom. The number of ether oxygens (including phenoxy) is 1. The second-order valence-corrected chi connectivity index (χ2v) is 4.06. The van der Waals surface area contributed by atoms with Crippen molar-refractivity contribution in [3.63, 3.8) is 0 Å². The van der Waals surface area contributed by atoms with Gasteiger partial charge in [0.1, 0.15) is 11.6 Å². The lowest BCUT2D eigenvalue weighted by molar-refractivity contribution is 0.420. The Morgan fingerprint density at radius 1 is 1.28 bits per heavy atom. The van der Waals surface area contributed by atoms with Crippen molar-refractivity contribution in [3.8, 4) is 5.75 Å². The van der Waals surface area contributed by atoms with E-state index in [1.165, 1.54) is 0 Å². The third kappa shape index (κ3) is 2.24. The SMILES string of the molecule is CCN(CCN)c1nccc2c(OC)cccc12. The normalized spacial score (nSPS) is 10.6. The monoisotopic (exact) mass is 245 g/mol. The summed E-state index contributed by atoms with van der Waals surface area (Å²) in [6.07, 6.45) is 1.82. The van der Waals surface area contributed by atoms with Crippen molar-refractivity contribution in [1.29, 1.82) is 0 Å². The molecule has 96 valence electrons. The number of pyridine rings is 1. The standard InChI is InChI=1S/C14H19N3O/c1-3-17(10-8-15)14-12-5-4-6-13(18-2)11(12)7-9-16-14/h4-7,9H,3,8,10,15H2,1-2H3. The summed E-state index contributed by atoms with van der Waals surface area (Å²) in [7, 11) is 1.69. The summed E-state index contributed by atoms with van der Waals surface area (Å²) in [5.41, 5.74) is 5.65. The van der Waals surface area contributed by atoms with Gasteiger partial charge in [-0.05, 0) is 19.1 Å². The predicted octanol–water partition coefficient (Wildman–Crippen LogP) is 2.03. The van der Waals surface area contributed by atoms with Gasteiger partial charge < -0.3 is 15.4 Å². The number of anilines is 1. The number of benzene rings is 1. The van der Waals surface area contributed by atoms with Crippen molar-refractivity contribution in [2.24, 2.45) is 5.73 Å². The minimum Gasteiger partial charge on any atom is -0.496 e. The molecule has 0 bridgehead atoms. The summed E-state index contributed by atoms with van der Waals surface area (Å²) in [4.78, 5) is 6.67. The maximum absolute atomic E-state index is 5.65. The van der Waals surface area contributed by atoms with Gasteiger partial charge in [-0.25, -0.2) is 4.98 Å². The molecule has 0 aliphatic carbocycles. The number of fused-ring (bicyclic) bond motifs is 1. The lowest BCUT2D eigenvalue weighted by Gasteiger charge is -2.22. The van der Waals surface area contributed by atoms with Gasteiger partial charge in [-0.3, -0.25) is 0 Å². The lowest BCUT2D eigenvalue weighted by Crippen LogP contribution is -2.29. The van der Waals surface area contributed by atoms with Crippen molar-refractivity contribution in [1.82, 2.24) is 4.98 Å². The molecule has 2 rings (SSSR count). The Bertz CT molecular complexity index is 527. The van der Waals surface area contributed by atoms with Crippen LogP contribution in [0.15, 0.2) is 30.5 Å². The van der Waals surface area contributed by atoms with Crippen molar-refractivity contribution in [2.45, 2.75) is 6.92 Å². The van der Waals surface area contributed by atoms with Crippen LogP contribution in [-0.4, -0.2) is 31.7 Å². The maximum Gasteiger partial charge on any atom is 0.136 e. The second-order valence-electron chi connectivity index (χ2n) is 4.06. The number of nitrogens with zero attached hydrogens (tertiary/aromatic N) is 2. The molecule has 0 amide bonds. The molecule has 4 nitrogen and oxygen atoms in total. The van der Waals surface area contributed by atoms with Crippen LogP contribution in [-0.2, 0) is 0 Å². The van der Waals surface area contributed by atoms with Gasteiger partial charge in [0.25, 0.3) is 0 Å². The molecule has 0 radical (unpaired) electrons. The average Bonchev–Trinajstić information content (AvgIpc) is 2.43. The van der Waals surface area contributed by atoms with Crippen molar-refractivity contribution < 1.29 is 4.74 Å². The molecule has 2 N–H and O–H groups in total. The van der Waals surface area contributed by atoms with Gasteiger partial charge >= 0.3 is 0 Å². The third-order valence-electron chi connectivity index (χ3n) is 3.05. The molecule has 0 atom stereocenters. The quantitative estimate of drug-likeness (QED) is 0.875. The van der Waals surface area contributed by atoms with E-state index in [1.54, 1.807) is 7.11 Å². The molecular weight excluding hydrogens is 226 g/mol. The Kier molecular flexibility index (Phi) is 3.99. The Labute approximate surface area is 107 Å². The van der Waals surface area contributed by atoms with E-state index >= 15 is 0 Å². The third-order valence-corrected chi connectivity index (χ3v) is 3.05. The summed E-state index contributed by atoms with van der Waals surface area (Å²) in [6.45, 7) is 4.42. The van der Waals surface area contributed by atoms with Crippen LogP contribution in [0.3, 0.4) is 0 Å². The van der Waals surface area contributed by atoms with E-state index in [2.05, 4.69) is 22.9 Å². The van der Waals surface area contributed by atoms with Crippen LogP contribution in [0.25, 0.3) is 10.8 Å². The fourth-order valence-electron chi connectivity index (χ4n) is 2.16. The molecular formula is C14H19N3O. The Morgan fingerprint density at radius 2 is 2.11 bits per heavy atom. The summed E-state index contributed by atoms with van der Waals surface area (Å²) < 4.78 is 5.38. The first-order valence-corrected chi connectivity index (χ1v) is 6.18. The van der Waals surface area contributed by atoms with E-state index in [0.29, 0.717) is 6.54 Å². The minimum absolute atomic E-state index is 0.621. The summed E-state index contributed by atoms with van der Waals surface area (Å²) >= 11 is 0. The summed E-state index contributed by atoms with van der Waals surface area (Å²) in [6, 6.07) is 8.00. The highest BCUT2D eigenvalue weighted by Crippen LogP contribution is 2.30. The van der Waals surface area contributed by atoms with Gasteiger partial charge in [-0.2, -0.15) is 0 Å². The van der Waals surface area contributed by atoms with Crippen LogP contribution in [0.5, 0.6) is 5.75 Å². The molecule has 0 saturated heterocycles. The maximum atomic E-state index is 5.65. The van der Waals surface area contributed by atoms with E-state index in [1.807, 2.05) is 24.4 Å². The van der Waals surface area contributed by atoms with Crippen LogP contribution in [0, 0.1) is 0 Å². The molecule has 0 unspecified atom stereocenters. The molecule has 0 aliphatic heterocycles. The van der Waals surface area contributed by atoms with Crippen molar-refractivity contribution >= 4 is 16.6 Å². The molecule has 2 aromatic rings. The molecule has 0 fully saturated rings. The van der Waals surface area contributed by atoms with Crippen LogP contribution >= 0.6 is 0 Å². The number of aromatic nitrogens is 1. The van der Waals surface area contributed by atoms with Crippen LogP contribution in [0.2, 0.25) is 0 Å². The second kappa shape index (κ2) is 5.69. The lowest BCUT2D eigenvalue weighted by atomic mass is 10.1. The molecule has 0 saturated carbocycles. The number of hydrogen-bond donors (Lipinski definition) is 1. The molecule has 18 heavy (non-hydrogen) atoms. The molecule has 0 spiro atoms. The molecule has 0 aliphatic rings. The number of nitrogens with two attached hydrogens (primary N) is 1. The van der Waals surface area contributed by atoms with Crippen LogP contribution in [0.4, 0.5) is 5.82 Å². The van der Waals surface area contributed by atoms with Gasteiger partial charge in [0.2, 0.25) is 0 Å². The largest absolute Gasteiger partial charge is 0.496 e. The number of hydrogen-bond acceptors (Lipinski definition) is 4. The number of rotatable bonds is 5. The van der Waals surface area contributed by atoms with E-state index < -0.39 is 0 Å². The fraction of sp³-hybridized carbons (Fsp3) is 0.357. The average molecular weight is 245 g/mol. The van der Waals surface area contributed by atoms with Crippen molar-refractivity contribution in [2.75, 3.05) is 31.6 Å². The zero-order chi connectivity index (χ0) is 13.0. The number of methoxy groups -OCH3 is 1. The van der Waals surface area contributed by atoms with E-state index in [0.717, 1.165) is 35.4 Å². The zero-order valence-corrected chi connectivity index (χ0v) is 10.9. The predicted molar refractivity (Wildman–Crippen MR) is 75.2 cm³/mol. The fourth-order valence-corrected chi connectivity index (χ4v) is 2.16. The highest BCUT2D eigenvalue weighted by Gasteiger charge is 2.11. The highest BCUT2D eigenvalue weighted by atomic mass is 16.5. The summed E-state index contributed by atoms with van der Waals surface area (Å²) in [5, 5.41) is 2.19. The van der Waals surface area contributed by atoms with Gasteiger partial charge in [0.15, 0.2) is 0 Å². The van der Waals surface area contributed by atoms with E-state index in [9.17, 15) is 0 Å². The van der Waals surface area contributed by atoms with Gasteiger partial charge in [0, 0.05) is 36.6 Å². The van der Waals surface area contributed by atoms with Crippen molar-refractivity contribution in [3.05, 3.63) is 30.5 Å². The minimum atomic E-state index is 0.621. The highest BCUT2D eigenvalue weighted by molar-refractivity contribution is 5.96. The molecule has 1 heterocycles. The van der Waals surface area contributed by atoms with Crippen LogP contribution < -0.4 is 15.4 Å². The first-order valence-electron chi connectivity index (χ1n) is 6.18. The van der Waals surface area contributed by atoms with Gasteiger partial charge in [-0.1, -0.05) is 12.1 Å². The first kappa shape index (κ1) is 12.6. The number of likely N-dealkylation sites (N-methyl/N-ethyl adjacent to an activating group) is 1.